The van der Waals surface area contributed by atoms with E-state index >= 15 is 0 Å². The van der Waals surface area contributed by atoms with Gasteiger partial charge in [0.1, 0.15) is 5.75 Å². The van der Waals surface area contributed by atoms with Crippen LogP contribution in [0, 0.1) is 0 Å². The molecule has 2 rings (SSSR count). The molecule has 0 aliphatic heterocycles. The standard InChI is InChI=1S/C16H18O.2CH3.Zr/c1-16(2,3)14-11-7-10-13(15(14)17)12-8-5-4-6-9-12;;;/h4-11,17H,1-3H3;2*1H3;. The van der Waals surface area contributed by atoms with Gasteiger partial charge in [0.05, 0.1) is 0 Å². The summed E-state index contributed by atoms with van der Waals surface area (Å²) in [5.41, 5.74) is 2.89. The van der Waals surface area contributed by atoms with Gasteiger partial charge in [-0.25, -0.2) is 0 Å². The first-order valence-electron chi connectivity index (χ1n) is 6.88. The van der Waals surface area contributed by atoms with E-state index in [4.69, 9.17) is 0 Å². The molecule has 2 aromatic rings. The van der Waals surface area contributed by atoms with Crippen molar-refractivity contribution in [1.82, 2.24) is 0 Å². The molecule has 106 valence electrons. The Kier molecular flexibility index (Phi) is 6.69. The van der Waals surface area contributed by atoms with E-state index in [1.165, 1.54) is 0 Å². The SMILES string of the molecule is CC(C)(C)c1cccc(-c2ccccc2)c1O.[CH3][Zr][CH3]. The van der Waals surface area contributed by atoms with Gasteiger partial charge >= 0.3 is 32.5 Å². The van der Waals surface area contributed by atoms with Gasteiger partial charge in [0, 0.05) is 5.56 Å². The molecular weight excluding hydrogens is 323 g/mol. The zero-order valence-electron chi connectivity index (χ0n) is 13.1. The van der Waals surface area contributed by atoms with E-state index in [9.17, 15) is 5.11 Å². The summed E-state index contributed by atoms with van der Waals surface area (Å²) in [6.45, 7) is 6.32. The third-order valence-electron chi connectivity index (χ3n) is 2.93. The summed E-state index contributed by atoms with van der Waals surface area (Å²) in [4.78, 5) is 0. The first-order chi connectivity index (χ1) is 9.41. The van der Waals surface area contributed by atoms with Gasteiger partial charge in [-0.3, -0.25) is 0 Å². The molecule has 1 nitrogen and oxygen atoms in total. The number of rotatable bonds is 1. The summed E-state index contributed by atoms with van der Waals surface area (Å²) >= 11 is 0.230. The normalized spacial score (nSPS) is 10.4. The third kappa shape index (κ3) is 4.60. The Morgan fingerprint density at radius 3 is 1.90 bits per heavy atom. The molecule has 0 amide bonds. The zero-order valence-corrected chi connectivity index (χ0v) is 15.5. The molecule has 20 heavy (non-hydrogen) atoms. The molecule has 0 spiro atoms. The number of hydrogen-bond donors (Lipinski definition) is 1. The van der Waals surface area contributed by atoms with E-state index in [2.05, 4.69) is 30.0 Å². The van der Waals surface area contributed by atoms with Gasteiger partial charge in [-0.05, 0) is 16.5 Å². The van der Waals surface area contributed by atoms with Crippen LogP contribution in [-0.4, -0.2) is 5.11 Å². The van der Waals surface area contributed by atoms with E-state index in [0.29, 0.717) is 5.75 Å². The molecule has 0 unspecified atom stereocenters. The van der Waals surface area contributed by atoms with E-state index in [0.717, 1.165) is 16.7 Å². The van der Waals surface area contributed by atoms with E-state index in [1.54, 1.807) is 0 Å². The molecule has 0 aliphatic rings. The maximum atomic E-state index is 10.4. The number of aromatic hydroxyl groups is 1. The average molecular weight is 348 g/mol. The number of hydrogen-bond acceptors (Lipinski definition) is 1. The topological polar surface area (TPSA) is 20.2 Å². The number of phenols is 1. The minimum atomic E-state index is -0.0468. The first-order valence-corrected chi connectivity index (χ1v) is 11.8. The summed E-state index contributed by atoms with van der Waals surface area (Å²) in [7, 11) is 0. The first kappa shape index (κ1) is 17.2. The molecule has 0 fully saturated rings. The van der Waals surface area contributed by atoms with Crippen LogP contribution < -0.4 is 0 Å². The molecule has 0 radical (unpaired) electrons. The van der Waals surface area contributed by atoms with Crippen LogP contribution in [0.2, 0.25) is 9.26 Å². The molecule has 2 heteroatoms. The molecule has 0 saturated heterocycles. The molecule has 0 atom stereocenters. The number of phenolic OH excluding ortho intramolecular Hbond substituents is 1. The number of para-hydroxylation sites is 1. The minimum absolute atomic E-state index is 0.0468. The summed E-state index contributed by atoms with van der Waals surface area (Å²) in [6, 6.07) is 15.9. The predicted molar refractivity (Wildman–Crippen MR) is 84.0 cm³/mol. The monoisotopic (exact) mass is 346 g/mol. The molecule has 0 aromatic heterocycles. The Bertz CT molecular complexity index is 527. The molecule has 1 N–H and O–H groups in total. The Labute approximate surface area is 134 Å². The van der Waals surface area contributed by atoms with Gasteiger partial charge in [0.2, 0.25) is 0 Å². The van der Waals surface area contributed by atoms with Crippen LogP contribution >= 0.6 is 0 Å². The second kappa shape index (κ2) is 7.79. The summed E-state index contributed by atoms with van der Waals surface area (Å²) in [6.07, 6.45) is 0. The average Bonchev–Trinajstić information content (AvgIpc) is 2.39. The van der Waals surface area contributed by atoms with Crippen molar-refractivity contribution in [3.63, 3.8) is 0 Å². The van der Waals surface area contributed by atoms with Crippen LogP contribution in [0.1, 0.15) is 26.3 Å². The fourth-order valence-corrected chi connectivity index (χ4v) is 2.00. The summed E-state index contributed by atoms with van der Waals surface area (Å²) < 4.78 is 4.59. The Morgan fingerprint density at radius 2 is 1.40 bits per heavy atom. The van der Waals surface area contributed by atoms with Crippen molar-refractivity contribution in [1.29, 1.82) is 0 Å². The fraction of sp³-hybridized carbons (Fsp3) is 0.333. The fourth-order valence-electron chi connectivity index (χ4n) is 2.00. The van der Waals surface area contributed by atoms with Gasteiger partial charge in [-0.15, -0.1) is 0 Å². The summed E-state index contributed by atoms with van der Waals surface area (Å²) in [5.74, 6) is 0.395. The van der Waals surface area contributed by atoms with Gasteiger partial charge in [-0.1, -0.05) is 69.3 Å². The van der Waals surface area contributed by atoms with Gasteiger partial charge in [0.25, 0.3) is 0 Å². The van der Waals surface area contributed by atoms with Gasteiger partial charge < -0.3 is 5.11 Å². The second-order valence-electron chi connectivity index (χ2n) is 5.82. The van der Waals surface area contributed by atoms with Crippen molar-refractivity contribution >= 4 is 0 Å². The van der Waals surface area contributed by atoms with Crippen LogP contribution in [-0.2, 0) is 28.6 Å². The molecular formula is C18H24OZr. The molecule has 0 aliphatic carbocycles. The molecule has 2 aromatic carbocycles. The van der Waals surface area contributed by atoms with Crippen LogP contribution in [0.15, 0.2) is 48.5 Å². The molecule has 0 saturated carbocycles. The van der Waals surface area contributed by atoms with Crippen LogP contribution in [0.5, 0.6) is 5.75 Å². The van der Waals surface area contributed by atoms with Crippen LogP contribution in [0.25, 0.3) is 11.1 Å². The predicted octanol–water partition coefficient (Wildman–Crippen LogP) is 5.52. The van der Waals surface area contributed by atoms with Crippen LogP contribution in [0.4, 0.5) is 0 Å². The van der Waals surface area contributed by atoms with Gasteiger partial charge in [0.15, 0.2) is 0 Å². The van der Waals surface area contributed by atoms with Crippen molar-refractivity contribution < 1.29 is 28.3 Å². The zero-order chi connectivity index (χ0) is 15.2. The van der Waals surface area contributed by atoms with Gasteiger partial charge in [-0.2, -0.15) is 0 Å². The Balaban J connectivity index is 0.000000612. The van der Waals surface area contributed by atoms with Crippen molar-refractivity contribution in [2.24, 2.45) is 0 Å². The Hall–Kier alpha value is -0.877. The third-order valence-corrected chi connectivity index (χ3v) is 2.93. The van der Waals surface area contributed by atoms with Crippen molar-refractivity contribution in [3.05, 3.63) is 54.1 Å². The quantitative estimate of drug-likeness (QED) is 0.720. The van der Waals surface area contributed by atoms with Crippen molar-refractivity contribution in [2.75, 3.05) is 0 Å². The molecule has 0 bridgehead atoms. The Morgan fingerprint density at radius 1 is 0.850 bits per heavy atom. The number of benzene rings is 2. The molecule has 0 heterocycles. The maximum absolute atomic E-state index is 10.4. The van der Waals surface area contributed by atoms with E-state index in [1.807, 2.05) is 48.5 Å². The second-order valence-corrected chi connectivity index (χ2v) is 8.28. The summed E-state index contributed by atoms with van der Waals surface area (Å²) in [5, 5.41) is 10.4. The van der Waals surface area contributed by atoms with Crippen molar-refractivity contribution in [2.45, 2.75) is 35.4 Å². The van der Waals surface area contributed by atoms with Crippen LogP contribution in [0.3, 0.4) is 0 Å². The van der Waals surface area contributed by atoms with Crippen molar-refractivity contribution in [3.8, 4) is 16.9 Å². The van der Waals surface area contributed by atoms with E-state index < -0.39 is 0 Å². The van der Waals surface area contributed by atoms with E-state index in [-0.39, 0.29) is 28.6 Å².